The lowest BCUT2D eigenvalue weighted by Crippen LogP contribution is -2.10. The van der Waals surface area contributed by atoms with E-state index in [9.17, 15) is 0 Å². The van der Waals surface area contributed by atoms with Crippen molar-refractivity contribution >= 4 is 6.21 Å². The topological polar surface area (TPSA) is 12.4 Å². The molecule has 0 amide bonds. The predicted octanol–water partition coefficient (Wildman–Crippen LogP) is 4.02. The molecule has 0 atom stereocenters. The van der Waals surface area contributed by atoms with Crippen molar-refractivity contribution < 1.29 is 0 Å². The average molecular weight is 193 g/mol. The molecule has 0 fully saturated rings. The fraction of sp³-hybridized carbons (Fsp3) is 0.615. The molecule has 1 heteroatoms. The summed E-state index contributed by atoms with van der Waals surface area (Å²) in [7, 11) is 1.80. The summed E-state index contributed by atoms with van der Waals surface area (Å²) in [6, 6.07) is 0. The van der Waals surface area contributed by atoms with Crippen molar-refractivity contribution in [2.24, 2.45) is 10.4 Å². The number of hydrogen-bond acceptors (Lipinski definition) is 1. The zero-order valence-electron chi connectivity index (χ0n) is 10.2. The summed E-state index contributed by atoms with van der Waals surface area (Å²) < 4.78 is 0. The van der Waals surface area contributed by atoms with E-state index in [4.69, 9.17) is 0 Å². The van der Waals surface area contributed by atoms with Gasteiger partial charge in [0.2, 0.25) is 0 Å². The summed E-state index contributed by atoms with van der Waals surface area (Å²) >= 11 is 0. The Morgan fingerprint density at radius 3 is 2.29 bits per heavy atom. The minimum absolute atomic E-state index is 0.208. The third kappa shape index (κ3) is 5.00. The van der Waals surface area contributed by atoms with Crippen LogP contribution in [0.4, 0.5) is 0 Å². The Kier molecular flexibility index (Phi) is 5.44. The van der Waals surface area contributed by atoms with Gasteiger partial charge in [0.05, 0.1) is 0 Å². The first-order valence-electron chi connectivity index (χ1n) is 5.20. The highest BCUT2D eigenvalue weighted by molar-refractivity contribution is 5.72. The molecular formula is C13H23N. The van der Waals surface area contributed by atoms with E-state index >= 15 is 0 Å². The van der Waals surface area contributed by atoms with Crippen molar-refractivity contribution in [2.45, 2.75) is 40.5 Å². The molecule has 0 saturated carbocycles. The molecule has 14 heavy (non-hydrogen) atoms. The first kappa shape index (κ1) is 13.2. The molecule has 0 aromatic rings. The fourth-order valence-electron chi connectivity index (χ4n) is 1.13. The second kappa shape index (κ2) is 5.79. The van der Waals surface area contributed by atoms with Crippen molar-refractivity contribution in [3.63, 3.8) is 0 Å². The molecule has 0 spiro atoms. The summed E-state index contributed by atoms with van der Waals surface area (Å²) in [5.74, 6) is 0. The maximum atomic E-state index is 4.05. The highest BCUT2D eigenvalue weighted by atomic mass is 14.6. The van der Waals surface area contributed by atoms with Crippen LogP contribution in [0.5, 0.6) is 0 Å². The van der Waals surface area contributed by atoms with Crippen LogP contribution in [0, 0.1) is 5.41 Å². The highest BCUT2D eigenvalue weighted by Gasteiger charge is 2.16. The summed E-state index contributed by atoms with van der Waals surface area (Å²) in [6.07, 6.45) is 6.02. The molecule has 0 saturated heterocycles. The van der Waals surface area contributed by atoms with Crippen molar-refractivity contribution in [1.29, 1.82) is 0 Å². The molecule has 0 aromatic carbocycles. The van der Waals surface area contributed by atoms with Crippen LogP contribution < -0.4 is 0 Å². The Labute approximate surface area is 88.6 Å². The largest absolute Gasteiger partial charge is 0.297 e. The van der Waals surface area contributed by atoms with Gasteiger partial charge >= 0.3 is 0 Å². The van der Waals surface area contributed by atoms with Gasteiger partial charge < -0.3 is 0 Å². The summed E-state index contributed by atoms with van der Waals surface area (Å²) in [5, 5.41) is 0. The molecule has 0 aliphatic carbocycles. The second-order valence-electron chi connectivity index (χ2n) is 4.63. The number of rotatable bonds is 4. The Morgan fingerprint density at radius 1 is 1.36 bits per heavy atom. The van der Waals surface area contributed by atoms with Crippen LogP contribution >= 0.6 is 0 Å². The SMILES string of the molecule is C=C(CC)C/C(=C\C=NC)C(C)(C)C. The van der Waals surface area contributed by atoms with Crippen LogP contribution in [0.2, 0.25) is 0 Å². The third-order valence-electron chi connectivity index (χ3n) is 2.33. The van der Waals surface area contributed by atoms with Gasteiger partial charge in [0, 0.05) is 13.3 Å². The van der Waals surface area contributed by atoms with E-state index in [2.05, 4.69) is 45.3 Å². The zero-order valence-corrected chi connectivity index (χ0v) is 10.2. The molecule has 0 aromatic heterocycles. The highest BCUT2D eigenvalue weighted by Crippen LogP contribution is 2.30. The van der Waals surface area contributed by atoms with Gasteiger partial charge in [0.1, 0.15) is 0 Å². The average Bonchev–Trinajstić information content (AvgIpc) is 2.09. The van der Waals surface area contributed by atoms with Crippen LogP contribution in [0.25, 0.3) is 0 Å². The maximum Gasteiger partial charge on any atom is 0.0277 e. The van der Waals surface area contributed by atoms with Gasteiger partial charge in [-0.1, -0.05) is 45.4 Å². The van der Waals surface area contributed by atoms with E-state index < -0.39 is 0 Å². The Bertz CT molecular complexity index is 238. The Balaban J connectivity index is 4.66. The quantitative estimate of drug-likeness (QED) is 0.472. The number of hydrogen-bond donors (Lipinski definition) is 0. The number of nitrogens with zero attached hydrogens (tertiary/aromatic N) is 1. The lowest BCUT2D eigenvalue weighted by atomic mass is 9.82. The molecule has 0 unspecified atom stereocenters. The van der Waals surface area contributed by atoms with E-state index in [1.54, 1.807) is 7.05 Å². The van der Waals surface area contributed by atoms with Gasteiger partial charge in [-0.2, -0.15) is 0 Å². The van der Waals surface area contributed by atoms with Crippen molar-refractivity contribution in [3.05, 3.63) is 23.8 Å². The fourth-order valence-corrected chi connectivity index (χ4v) is 1.13. The summed E-state index contributed by atoms with van der Waals surface area (Å²) in [6.45, 7) is 12.9. The third-order valence-corrected chi connectivity index (χ3v) is 2.33. The molecule has 0 N–H and O–H groups in total. The van der Waals surface area contributed by atoms with Crippen molar-refractivity contribution in [2.75, 3.05) is 7.05 Å². The lowest BCUT2D eigenvalue weighted by molar-refractivity contribution is 0.491. The molecule has 0 aliphatic rings. The minimum Gasteiger partial charge on any atom is -0.297 e. The molecule has 0 radical (unpaired) electrons. The van der Waals surface area contributed by atoms with Crippen molar-refractivity contribution in [3.8, 4) is 0 Å². The normalized spacial score (nSPS) is 13.6. The van der Waals surface area contributed by atoms with Gasteiger partial charge in [-0.25, -0.2) is 0 Å². The standard InChI is InChI=1S/C13H23N/c1-7-11(2)10-12(8-9-14-6)13(3,4)5/h8-9H,2,7,10H2,1,3-6H3/b12-8+,14-9?. The zero-order chi connectivity index (χ0) is 11.2. The Morgan fingerprint density at radius 2 is 1.93 bits per heavy atom. The van der Waals surface area contributed by atoms with Crippen molar-refractivity contribution in [1.82, 2.24) is 0 Å². The van der Waals surface area contributed by atoms with E-state index in [0.29, 0.717) is 0 Å². The van der Waals surface area contributed by atoms with E-state index in [-0.39, 0.29) is 5.41 Å². The van der Waals surface area contributed by atoms with Crippen LogP contribution in [0.1, 0.15) is 40.5 Å². The molecule has 0 heterocycles. The number of aliphatic imine (C=N–C) groups is 1. The first-order chi connectivity index (χ1) is 6.41. The molecule has 0 bridgehead atoms. The monoisotopic (exact) mass is 193 g/mol. The van der Waals surface area contributed by atoms with Crippen LogP contribution in [-0.4, -0.2) is 13.3 Å². The summed E-state index contributed by atoms with van der Waals surface area (Å²) in [4.78, 5) is 3.99. The number of allylic oxidation sites excluding steroid dienone is 3. The van der Waals surface area contributed by atoms with Gasteiger partial charge in [-0.05, 0) is 24.3 Å². The van der Waals surface area contributed by atoms with E-state index in [1.807, 2.05) is 6.21 Å². The summed E-state index contributed by atoms with van der Waals surface area (Å²) in [5.41, 5.74) is 2.89. The van der Waals surface area contributed by atoms with Gasteiger partial charge in [0.25, 0.3) is 0 Å². The maximum absolute atomic E-state index is 4.05. The van der Waals surface area contributed by atoms with E-state index in [1.165, 1.54) is 11.1 Å². The lowest BCUT2D eigenvalue weighted by Gasteiger charge is -2.23. The minimum atomic E-state index is 0.208. The second-order valence-corrected chi connectivity index (χ2v) is 4.63. The van der Waals surface area contributed by atoms with Crippen LogP contribution in [-0.2, 0) is 0 Å². The van der Waals surface area contributed by atoms with Gasteiger partial charge in [0.15, 0.2) is 0 Å². The Hall–Kier alpha value is -0.850. The molecule has 0 rings (SSSR count). The predicted molar refractivity (Wildman–Crippen MR) is 66.0 cm³/mol. The molecule has 1 nitrogen and oxygen atoms in total. The molecule has 0 aliphatic heterocycles. The van der Waals surface area contributed by atoms with Gasteiger partial charge in [-0.15, -0.1) is 0 Å². The smallest absolute Gasteiger partial charge is 0.0277 e. The van der Waals surface area contributed by atoms with E-state index in [0.717, 1.165) is 12.8 Å². The van der Waals surface area contributed by atoms with Crippen LogP contribution in [0.15, 0.2) is 28.8 Å². The molecular weight excluding hydrogens is 170 g/mol. The van der Waals surface area contributed by atoms with Crippen LogP contribution in [0.3, 0.4) is 0 Å². The van der Waals surface area contributed by atoms with Gasteiger partial charge in [-0.3, -0.25) is 4.99 Å². The first-order valence-corrected chi connectivity index (χ1v) is 5.20. The molecule has 80 valence electrons.